The Balaban J connectivity index is 1.53. The minimum atomic E-state index is -0.783. The van der Waals surface area contributed by atoms with Gasteiger partial charge < -0.3 is 9.15 Å². The first kappa shape index (κ1) is 30.0. The summed E-state index contributed by atoms with van der Waals surface area (Å²) in [6, 6.07) is 24.7. The lowest BCUT2D eigenvalue weighted by molar-refractivity contribution is -0.385. The molecule has 0 N–H and O–H groups in total. The van der Waals surface area contributed by atoms with Gasteiger partial charge in [-0.25, -0.2) is 9.79 Å². The number of ether oxygens (including phenoxy) is 1. The van der Waals surface area contributed by atoms with Crippen molar-refractivity contribution in [3.63, 3.8) is 0 Å². The Morgan fingerprint density at radius 3 is 2.53 bits per heavy atom. The van der Waals surface area contributed by atoms with Crippen LogP contribution in [0.2, 0.25) is 0 Å². The molecule has 5 aromatic rings. The number of hydrogen-bond donors (Lipinski definition) is 0. The van der Waals surface area contributed by atoms with Crippen LogP contribution in [0.3, 0.4) is 0 Å². The predicted octanol–water partition coefficient (Wildman–Crippen LogP) is 6.13. The molecule has 11 heteroatoms. The van der Waals surface area contributed by atoms with E-state index in [1.165, 1.54) is 22.0 Å². The third-order valence-electron chi connectivity index (χ3n) is 7.40. The molecule has 1 aliphatic heterocycles. The van der Waals surface area contributed by atoms with Crippen LogP contribution in [-0.2, 0) is 9.53 Å². The molecule has 1 aliphatic rings. The van der Waals surface area contributed by atoms with Crippen molar-refractivity contribution in [2.75, 3.05) is 12.9 Å². The largest absolute Gasteiger partial charge is 0.463 e. The zero-order chi connectivity index (χ0) is 31.7. The van der Waals surface area contributed by atoms with Crippen LogP contribution in [0.1, 0.15) is 35.4 Å². The van der Waals surface area contributed by atoms with Crippen molar-refractivity contribution in [2.45, 2.75) is 24.8 Å². The van der Waals surface area contributed by atoms with Gasteiger partial charge >= 0.3 is 5.97 Å². The quantitative estimate of drug-likeness (QED) is 0.0869. The number of fused-ring (bicyclic) bond motifs is 1. The lowest BCUT2D eigenvalue weighted by atomic mass is 9.93. The molecule has 0 bridgehead atoms. The van der Waals surface area contributed by atoms with E-state index in [4.69, 9.17) is 14.1 Å². The number of carbonyl (C=O) groups is 1. The lowest BCUT2D eigenvalue weighted by Gasteiger charge is -2.26. The third kappa shape index (κ3) is 5.79. The number of carbonyl (C=O) groups excluding carboxylic acids is 1. The van der Waals surface area contributed by atoms with Crippen molar-refractivity contribution in [3.05, 3.63) is 143 Å². The maximum atomic E-state index is 14.1. The van der Waals surface area contributed by atoms with Crippen molar-refractivity contribution in [1.29, 1.82) is 0 Å². The van der Waals surface area contributed by atoms with Crippen molar-refractivity contribution >= 4 is 46.5 Å². The molecule has 3 aromatic carbocycles. The molecule has 226 valence electrons. The first-order valence-electron chi connectivity index (χ1n) is 14.1. The molecule has 3 heterocycles. The zero-order valence-corrected chi connectivity index (χ0v) is 26.2. The second kappa shape index (κ2) is 12.5. The van der Waals surface area contributed by atoms with Crippen molar-refractivity contribution in [3.8, 4) is 11.3 Å². The topological polar surface area (TPSA) is 117 Å². The van der Waals surface area contributed by atoms with E-state index in [0.29, 0.717) is 37.7 Å². The Morgan fingerprint density at radius 2 is 1.84 bits per heavy atom. The van der Waals surface area contributed by atoms with E-state index in [-0.39, 0.29) is 23.4 Å². The predicted molar refractivity (Wildman–Crippen MR) is 175 cm³/mol. The Morgan fingerprint density at radius 1 is 1.09 bits per heavy atom. The maximum absolute atomic E-state index is 14.1. The number of furan rings is 1. The van der Waals surface area contributed by atoms with Gasteiger partial charge in [0.2, 0.25) is 0 Å². The van der Waals surface area contributed by atoms with E-state index in [0.717, 1.165) is 16.0 Å². The van der Waals surface area contributed by atoms with Gasteiger partial charge in [-0.3, -0.25) is 19.5 Å². The molecule has 1 atom stereocenters. The number of aromatic nitrogens is 1. The average molecular weight is 638 g/mol. The summed E-state index contributed by atoms with van der Waals surface area (Å²) in [7, 11) is 0. The summed E-state index contributed by atoms with van der Waals surface area (Å²) in [6.07, 6.45) is 3.61. The fourth-order valence-corrected chi connectivity index (χ4v) is 6.61. The molecule has 0 saturated heterocycles. The van der Waals surface area contributed by atoms with E-state index >= 15 is 0 Å². The number of aryl methyl sites for hydroxylation is 1. The number of nitro benzene ring substituents is 1. The molecule has 0 amide bonds. The van der Waals surface area contributed by atoms with Gasteiger partial charge in [-0.2, -0.15) is 0 Å². The van der Waals surface area contributed by atoms with Gasteiger partial charge in [-0.05, 0) is 49.9 Å². The monoisotopic (exact) mass is 637 g/mol. The van der Waals surface area contributed by atoms with E-state index in [9.17, 15) is 19.7 Å². The third-order valence-corrected chi connectivity index (χ3v) is 9.12. The molecular weight excluding hydrogens is 611 g/mol. The number of rotatable bonds is 8. The summed E-state index contributed by atoms with van der Waals surface area (Å²) in [4.78, 5) is 45.1. The van der Waals surface area contributed by atoms with Crippen LogP contribution in [0.25, 0.3) is 23.1 Å². The number of thiazole rings is 1. The molecule has 0 aliphatic carbocycles. The first-order chi connectivity index (χ1) is 21.8. The molecule has 6 rings (SSSR count). The van der Waals surface area contributed by atoms with Crippen LogP contribution < -0.4 is 14.9 Å². The smallest absolute Gasteiger partial charge is 0.338 e. The first-order valence-corrected chi connectivity index (χ1v) is 16.1. The van der Waals surface area contributed by atoms with Gasteiger partial charge in [0.25, 0.3) is 11.2 Å². The maximum Gasteiger partial charge on any atom is 0.338 e. The van der Waals surface area contributed by atoms with Gasteiger partial charge in [-0.15, -0.1) is 11.8 Å². The highest BCUT2D eigenvalue weighted by Crippen LogP contribution is 2.36. The van der Waals surface area contributed by atoms with Gasteiger partial charge in [0.05, 0.1) is 33.4 Å². The van der Waals surface area contributed by atoms with Crippen molar-refractivity contribution < 1.29 is 18.9 Å². The van der Waals surface area contributed by atoms with Crippen LogP contribution in [0, 0.1) is 17.0 Å². The van der Waals surface area contributed by atoms with Crippen LogP contribution in [0.15, 0.2) is 110 Å². The minimum Gasteiger partial charge on any atom is -0.463 e. The summed E-state index contributed by atoms with van der Waals surface area (Å²) >= 11 is 2.79. The van der Waals surface area contributed by atoms with Crippen LogP contribution >= 0.6 is 23.1 Å². The van der Waals surface area contributed by atoms with Gasteiger partial charge in [0.15, 0.2) is 4.80 Å². The van der Waals surface area contributed by atoms with E-state index in [1.54, 1.807) is 56.0 Å². The highest BCUT2D eigenvalue weighted by molar-refractivity contribution is 7.98. The molecule has 0 radical (unpaired) electrons. The lowest BCUT2D eigenvalue weighted by Crippen LogP contribution is -2.40. The number of benzene rings is 3. The summed E-state index contributed by atoms with van der Waals surface area (Å²) in [5.41, 5.74) is 2.95. The normalized spacial score (nSPS) is 14.6. The van der Waals surface area contributed by atoms with E-state index in [1.807, 2.05) is 60.9 Å². The molecule has 2 aromatic heterocycles. The summed E-state index contributed by atoms with van der Waals surface area (Å²) in [5, 5.41) is 11.5. The number of hydrogen-bond acceptors (Lipinski definition) is 9. The van der Waals surface area contributed by atoms with E-state index in [2.05, 4.69) is 0 Å². The Hall–Kier alpha value is -5.00. The zero-order valence-electron chi connectivity index (χ0n) is 24.6. The second-order valence-electron chi connectivity index (χ2n) is 10.2. The Kier molecular flexibility index (Phi) is 8.38. The highest BCUT2D eigenvalue weighted by Gasteiger charge is 2.35. The van der Waals surface area contributed by atoms with Crippen LogP contribution in [0.4, 0.5) is 5.69 Å². The number of nitro groups is 1. The van der Waals surface area contributed by atoms with Crippen molar-refractivity contribution in [2.24, 2.45) is 4.99 Å². The average Bonchev–Trinajstić information content (AvgIpc) is 3.65. The van der Waals surface area contributed by atoms with Gasteiger partial charge in [0.1, 0.15) is 11.5 Å². The fraction of sp³-hybridized carbons (Fsp3) is 0.147. The van der Waals surface area contributed by atoms with E-state index < -0.39 is 16.9 Å². The molecule has 1 unspecified atom stereocenters. The molecule has 0 saturated carbocycles. The highest BCUT2D eigenvalue weighted by atomic mass is 32.2. The molecule has 0 fully saturated rings. The number of esters is 1. The summed E-state index contributed by atoms with van der Waals surface area (Å²) < 4.78 is 13.4. The molecule has 45 heavy (non-hydrogen) atoms. The molecular formula is C34H27N3O6S2. The standard InChI is InChI=1S/C34H27N3O6S2/c1-4-42-33(39)29-30(21-8-6-5-7-9-21)35-34-36(31(29)22-12-15-25(44-3)16-13-22)32(38)28(45-34)19-24-14-17-27(43-24)23-11-10-20(2)26(18-23)37(40)41/h5-19,31H,4H2,1-3H3/b28-19-. The second-order valence-corrected chi connectivity index (χ2v) is 12.1. The van der Waals surface area contributed by atoms with Crippen molar-refractivity contribution in [1.82, 2.24) is 4.57 Å². The summed E-state index contributed by atoms with van der Waals surface area (Å²) in [6.45, 7) is 3.58. The molecule has 9 nitrogen and oxygen atoms in total. The van der Waals surface area contributed by atoms with Crippen LogP contribution in [0.5, 0.6) is 0 Å². The van der Waals surface area contributed by atoms with Gasteiger partial charge in [0, 0.05) is 33.7 Å². The SMILES string of the molecule is CCOC(=O)C1=C(c2ccccc2)N=c2s/c(=C\c3ccc(-c4ccc(C)c([N+](=O)[O-])c4)o3)c(=O)n2C1c1ccc(SC)cc1. The fourth-order valence-electron chi connectivity index (χ4n) is 5.22. The number of thioether (sulfide) groups is 1. The Bertz CT molecular complexity index is 2140. The molecule has 0 spiro atoms. The van der Waals surface area contributed by atoms with Gasteiger partial charge in [-0.1, -0.05) is 65.9 Å². The minimum absolute atomic E-state index is 0.00375. The number of nitrogens with zero attached hydrogens (tertiary/aromatic N) is 3. The Labute approximate surface area is 266 Å². The van der Waals surface area contributed by atoms with Crippen LogP contribution in [-0.4, -0.2) is 28.3 Å². The summed E-state index contributed by atoms with van der Waals surface area (Å²) in [5.74, 6) is 0.281.